The van der Waals surface area contributed by atoms with Crippen molar-refractivity contribution >= 4 is 58.4 Å². The van der Waals surface area contributed by atoms with E-state index < -0.39 is 0 Å². The highest BCUT2D eigenvalue weighted by molar-refractivity contribution is 6.35. The molecule has 2 aromatic carbocycles. The minimum atomic E-state index is -0.202. The summed E-state index contributed by atoms with van der Waals surface area (Å²) < 4.78 is 1.75. The highest BCUT2D eigenvalue weighted by atomic mass is 35.5. The molecule has 0 atom stereocenters. The summed E-state index contributed by atoms with van der Waals surface area (Å²) in [6.45, 7) is 2.47. The van der Waals surface area contributed by atoms with Gasteiger partial charge in [0, 0.05) is 39.7 Å². The first-order chi connectivity index (χ1) is 14.4. The van der Waals surface area contributed by atoms with Gasteiger partial charge >= 0.3 is 0 Å². The zero-order valence-electron chi connectivity index (χ0n) is 16.1. The number of rotatable bonds is 7. The average molecular weight is 483 g/mol. The summed E-state index contributed by atoms with van der Waals surface area (Å²) >= 11 is 24.2. The fourth-order valence-corrected chi connectivity index (χ4v) is 3.69. The first kappa shape index (κ1) is 22.7. The Morgan fingerprint density at radius 1 is 1.10 bits per heavy atom. The number of nitrogens with one attached hydrogen (secondary N) is 1. The quantitative estimate of drug-likeness (QED) is 0.235. The lowest BCUT2D eigenvalue weighted by molar-refractivity contribution is -0.116. The number of aromatic nitrogens is 2. The van der Waals surface area contributed by atoms with Crippen molar-refractivity contribution in [3.05, 3.63) is 74.9 Å². The minimum Gasteiger partial charge on any atom is -0.353 e. The van der Waals surface area contributed by atoms with Crippen molar-refractivity contribution in [2.75, 3.05) is 12.4 Å². The van der Waals surface area contributed by atoms with Crippen LogP contribution in [0.15, 0.2) is 48.5 Å². The normalized spacial score (nSPS) is 11.2. The highest BCUT2D eigenvalue weighted by Crippen LogP contribution is 2.33. The molecular weight excluding hydrogens is 464 g/mol. The van der Waals surface area contributed by atoms with E-state index in [4.69, 9.17) is 51.5 Å². The van der Waals surface area contributed by atoms with Crippen LogP contribution < -0.4 is 5.32 Å². The van der Waals surface area contributed by atoms with Crippen LogP contribution >= 0.6 is 46.4 Å². The van der Waals surface area contributed by atoms with Crippen molar-refractivity contribution in [2.45, 2.75) is 13.3 Å². The predicted octanol–water partition coefficient (Wildman–Crippen LogP) is 6.57. The molecule has 0 spiro atoms. The van der Waals surface area contributed by atoms with Gasteiger partial charge in [0.1, 0.15) is 0 Å². The predicted molar refractivity (Wildman–Crippen MR) is 126 cm³/mol. The standard InChI is InChI=1S/C22H19Cl4N3O/c1-14-19(8-10-21(30)27-12-2-11-23)28-29(20-9-7-17(25)13-18(20)26)22(14)15-3-5-16(24)6-4-15/h3-10,13H,2,11-12H2,1H3,(H,27,30)/b10-8+. The van der Waals surface area contributed by atoms with Crippen LogP contribution in [-0.4, -0.2) is 28.1 Å². The van der Waals surface area contributed by atoms with Gasteiger partial charge in [0.25, 0.3) is 0 Å². The van der Waals surface area contributed by atoms with Crippen LogP contribution in [0.3, 0.4) is 0 Å². The monoisotopic (exact) mass is 481 g/mol. The fourth-order valence-electron chi connectivity index (χ4n) is 2.94. The largest absolute Gasteiger partial charge is 0.353 e. The van der Waals surface area contributed by atoms with E-state index in [1.54, 1.807) is 22.9 Å². The van der Waals surface area contributed by atoms with Crippen LogP contribution in [0.25, 0.3) is 23.0 Å². The smallest absolute Gasteiger partial charge is 0.244 e. The molecule has 3 aromatic rings. The van der Waals surface area contributed by atoms with Gasteiger partial charge in [-0.2, -0.15) is 5.10 Å². The molecular formula is C22H19Cl4N3O. The summed E-state index contributed by atoms with van der Waals surface area (Å²) in [5, 5.41) is 9.13. The molecule has 156 valence electrons. The average Bonchev–Trinajstić information content (AvgIpc) is 3.03. The van der Waals surface area contributed by atoms with Gasteiger partial charge in [0.05, 0.1) is 22.1 Å². The third-order valence-corrected chi connectivity index (χ3v) is 5.47. The van der Waals surface area contributed by atoms with Crippen LogP contribution in [0.5, 0.6) is 0 Å². The Balaban J connectivity index is 2.05. The lowest BCUT2D eigenvalue weighted by Crippen LogP contribution is -2.22. The van der Waals surface area contributed by atoms with E-state index in [0.29, 0.717) is 45.3 Å². The van der Waals surface area contributed by atoms with Gasteiger partial charge in [0.15, 0.2) is 0 Å². The number of hydrogen-bond acceptors (Lipinski definition) is 2. The van der Waals surface area contributed by atoms with Crippen LogP contribution in [0.4, 0.5) is 0 Å². The third kappa shape index (κ3) is 5.38. The topological polar surface area (TPSA) is 46.9 Å². The van der Waals surface area contributed by atoms with Gasteiger partial charge < -0.3 is 5.32 Å². The SMILES string of the molecule is Cc1c(/C=C/C(=O)NCCCCl)nn(-c2ccc(Cl)cc2Cl)c1-c1ccc(Cl)cc1. The molecule has 0 unspecified atom stereocenters. The molecule has 0 fully saturated rings. The van der Waals surface area contributed by atoms with Crippen LogP contribution in [0.2, 0.25) is 15.1 Å². The highest BCUT2D eigenvalue weighted by Gasteiger charge is 2.18. The number of halogens is 4. The van der Waals surface area contributed by atoms with Crippen molar-refractivity contribution < 1.29 is 4.79 Å². The first-order valence-electron chi connectivity index (χ1n) is 9.23. The summed E-state index contributed by atoms with van der Waals surface area (Å²) in [6.07, 6.45) is 3.86. The lowest BCUT2D eigenvalue weighted by Gasteiger charge is -2.11. The Labute approximate surface area is 195 Å². The second-order valence-corrected chi connectivity index (χ2v) is 8.20. The van der Waals surface area contributed by atoms with E-state index in [1.807, 2.05) is 37.3 Å². The number of carbonyl (C=O) groups is 1. The van der Waals surface area contributed by atoms with E-state index in [-0.39, 0.29) is 5.91 Å². The van der Waals surface area contributed by atoms with E-state index in [9.17, 15) is 4.79 Å². The molecule has 1 aromatic heterocycles. The fraction of sp³-hybridized carbons (Fsp3) is 0.182. The molecule has 4 nitrogen and oxygen atoms in total. The molecule has 0 saturated heterocycles. The number of carbonyl (C=O) groups excluding carboxylic acids is 1. The number of amides is 1. The van der Waals surface area contributed by atoms with E-state index in [1.165, 1.54) is 6.08 Å². The summed E-state index contributed by atoms with van der Waals surface area (Å²) in [5.74, 6) is 0.298. The second-order valence-electron chi connectivity index (χ2n) is 6.54. The molecule has 0 aliphatic carbocycles. The molecule has 30 heavy (non-hydrogen) atoms. The Bertz CT molecular complexity index is 1070. The zero-order valence-corrected chi connectivity index (χ0v) is 19.2. The molecule has 3 rings (SSSR count). The van der Waals surface area contributed by atoms with Crippen molar-refractivity contribution in [1.29, 1.82) is 0 Å². The van der Waals surface area contributed by atoms with Gasteiger partial charge in [-0.3, -0.25) is 4.79 Å². The van der Waals surface area contributed by atoms with Gasteiger partial charge in [-0.05, 0) is 49.8 Å². The maximum atomic E-state index is 12.0. The Morgan fingerprint density at radius 2 is 1.80 bits per heavy atom. The maximum absolute atomic E-state index is 12.0. The van der Waals surface area contributed by atoms with Crippen LogP contribution in [0, 0.1) is 6.92 Å². The van der Waals surface area contributed by atoms with Crippen LogP contribution in [-0.2, 0) is 4.79 Å². The summed E-state index contributed by atoms with van der Waals surface area (Å²) in [5.41, 5.74) is 3.99. The molecule has 0 saturated carbocycles. The first-order valence-corrected chi connectivity index (χ1v) is 10.9. The Hall–Kier alpha value is -1.98. The summed E-state index contributed by atoms with van der Waals surface area (Å²) in [7, 11) is 0. The van der Waals surface area contributed by atoms with E-state index in [0.717, 1.165) is 16.8 Å². The molecule has 0 radical (unpaired) electrons. The molecule has 0 aliphatic rings. The van der Waals surface area contributed by atoms with E-state index in [2.05, 4.69) is 5.32 Å². The van der Waals surface area contributed by atoms with Gasteiger partial charge in [0.2, 0.25) is 5.91 Å². The molecule has 1 amide bonds. The third-order valence-electron chi connectivity index (χ3n) is 4.42. The minimum absolute atomic E-state index is 0.202. The van der Waals surface area contributed by atoms with Crippen molar-refractivity contribution in [1.82, 2.24) is 15.1 Å². The van der Waals surface area contributed by atoms with Gasteiger partial charge in [-0.25, -0.2) is 4.68 Å². The Morgan fingerprint density at radius 3 is 2.47 bits per heavy atom. The molecule has 8 heteroatoms. The molecule has 1 N–H and O–H groups in total. The van der Waals surface area contributed by atoms with Crippen molar-refractivity contribution in [3.63, 3.8) is 0 Å². The second kappa shape index (κ2) is 10.4. The number of hydrogen-bond donors (Lipinski definition) is 1. The number of nitrogens with zero attached hydrogens (tertiary/aromatic N) is 2. The molecule has 0 bridgehead atoms. The zero-order chi connectivity index (χ0) is 21.7. The molecule has 0 aliphatic heterocycles. The van der Waals surface area contributed by atoms with Gasteiger partial charge in [-0.15, -0.1) is 11.6 Å². The summed E-state index contributed by atoms with van der Waals surface area (Å²) in [6, 6.07) is 12.7. The van der Waals surface area contributed by atoms with Crippen molar-refractivity contribution in [3.8, 4) is 16.9 Å². The van der Waals surface area contributed by atoms with E-state index >= 15 is 0 Å². The maximum Gasteiger partial charge on any atom is 0.244 e. The van der Waals surface area contributed by atoms with Gasteiger partial charge in [-0.1, -0.05) is 46.9 Å². The molecule has 1 heterocycles. The number of alkyl halides is 1. The lowest BCUT2D eigenvalue weighted by atomic mass is 10.1. The summed E-state index contributed by atoms with van der Waals surface area (Å²) in [4.78, 5) is 12.0. The number of benzene rings is 2. The van der Waals surface area contributed by atoms with Crippen LogP contribution in [0.1, 0.15) is 17.7 Å². The Kier molecular flexibility index (Phi) is 7.84. The van der Waals surface area contributed by atoms with Crippen molar-refractivity contribution in [2.24, 2.45) is 0 Å².